The Morgan fingerprint density at radius 1 is 1.00 bits per heavy atom. The van der Waals surface area contributed by atoms with Crippen molar-refractivity contribution in [2.45, 2.75) is 71.6 Å². The Morgan fingerprint density at radius 3 is 2.21 bits per heavy atom. The Kier molecular flexibility index (Phi) is 7.08. The van der Waals surface area contributed by atoms with Gasteiger partial charge in [0.1, 0.15) is 17.2 Å². The topological polar surface area (TPSA) is 53.1 Å². The number of likely N-dealkylation sites (tertiary alicyclic amines) is 1. The predicted octanol–water partition coefficient (Wildman–Crippen LogP) is 4.25. The van der Waals surface area contributed by atoms with Crippen LogP contribution in [0.3, 0.4) is 0 Å². The van der Waals surface area contributed by atoms with E-state index in [1.165, 1.54) is 12.1 Å². The molecule has 33 heavy (non-hydrogen) atoms. The van der Waals surface area contributed by atoms with E-state index in [2.05, 4.69) is 25.7 Å². The zero-order chi connectivity index (χ0) is 24.7. The molecule has 6 nitrogen and oxygen atoms in total. The summed E-state index contributed by atoms with van der Waals surface area (Å²) in [5.74, 6) is -2.10. The van der Waals surface area contributed by atoms with Crippen LogP contribution >= 0.6 is 0 Å². The van der Waals surface area contributed by atoms with E-state index < -0.39 is 23.2 Å². The first-order chi connectivity index (χ1) is 15.2. The number of rotatable bonds is 2. The molecule has 1 aromatic carbocycles. The number of benzene rings is 1. The second kappa shape index (κ2) is 9.20. The van der Waals surface area contributed by atoms with Gasteiger partial charge in [0.2, 0.25) is 5.91 Å². The van der Waals surface area contributed by atoms with Crippen LogP contribution in [0.25, 0.3) is 0 Å². The van der Waals surface area contributed by atoms with E-state index in [0.29, 0.717) is 38.3 Å². The Hall–Kier alpha value is -2.22. The van der Waals surface area contributed by atoms with Crippen LogP contribution in [0.2, 0.25) is 0 Å². The molecule has 2 aliphatic rings. The Balaban J connectivity index is 1.79. The number of hydrogen-bond acceptors (Lipinski definition) is 4. The summed E-state index contributed by atoms with van der Waals surface area (Å²) >= 11 is 0. The van der Waals surface area contributed by atoms with Crippen LogP contribution in [-0.4, -0.2) is 76.6 Å². The van der Waals surface area contributed by atoms with Crippen LogP contribution in [0.15, 0.2) is 18.2 Å². The minimum Gasteiger partial charge on any atom is -0.444 e. The fraction of sp³-hybridized carbons (Fsp3) is 0.680. The molecule has 0 spiro atoms. The number of piperazine rings is 1. The first-order valence-corrected chi connectivity index (χ1v) is 11.7. The number of carbonyl (C=O) groups excluding carboxylic acids is 2. The second-order valence-corrected chi connectivity index (χ2v) is 11.3. The van der Waals surface area contributed by atoms with Crippen LogP contribution in [0.4, 0.5) is 13.6 Å². The smallest absolute Gasteiger partial charge is 0.410 e. The molecule has 0 aromatic heterocycles. The highest BCUT2D eigenvalue weighted by atomic mass is 19.1. The van der Waals surface area contributed by atoms with Gasteiger partial charge < -0.3 is 14.5 Å². The number of halogens is 2. The van der Waals surface area contributed by atoms with Gasteiger partial charge in [0.25, 0.3) is 0 Å². The molecule has 0 unspecified atom stereocenters. The molecule has 0 bridgehead atoms. The van der Waals surface area contributed by atoms with E-state index in [1.54, 1.807) is 9.80 Å². The van der Waals surface area contributed by atoms with E-state index >= 15 is 0 Å². The number of nitrogens with zero attached hydrogens (tertiary/aromatic N) is 3. The largest absolute Gasteiger partial charge is 0.444 e. The summed E-state index contributed by atoms with van der Waals surface area (Å²) in [5, 5.41) is 0. The minimum atomic E-state index is -0.628. The van der Waals surface area contributed by atoms with Crippen LogP contribution in [0, 0.1) is 17.6 Å². The molecule has 2 aliphatic heterocycles. The summed E-state index contributed by atoms with van der Waals surface area (Å²) in [6.45, 7) is 15.8. The summed E-state index contributed by atoms with van der Waals surface area (Å²) in [5.41, 5.74) is -0.397. The van der Waals surface area contributed by atoms with Crippen LogP contribution < -0.4 is 0 Å². The molecule has 0 radical (unpaired) electrons. The van der Waals surface area contributed by atoms with Gasteiger partial charge in [-0.25, -0.2) is 13.6 Å². The summed E-state index contributed by atoms with van der Waals surface area (Å²) < 4.78 is 33.7. The van der Waals surface area contributed by atoms with E-state index in [-0.39, 0.29) is 29.5 Å². The van der Waals surface area contributed by atoms with Gasteiger partial charge >= 0.3 is 6.09 Å². The highest BCUT2D eigenvalue weighted by Crippen LogP contribution is 2.39. The average Bonchev–Trinajstić information content (AvgIpc) is 3.11. The fourth-order valence-corrected chi connectivity index (χ4v) is 4.71. The van der Waals surface area contributed by atoms with Crippen molar-refractivity contribution in [2.24, 2.45) is 5.92 Å². The number of amides is 2. The molecule has 184 valence electrons. The van der Waals surface area contributed by atoms with Gasteiger partial charge in [-0.3, -0.25) is 9.69 Å². The van der Waals surface area contributed by atoms with Gasteiger partial charge in [-0.1, -0.05) is 6.07 Å². The maximum atomic E-state index is 14.7. The Bertz CT molecular complexity index is 894. The van der Waals surface area contributed by atoms with Crippen molar-refractivity contribution in [3.8, 4) is 0 Å². The predicted molar refractivity (Wildman–Crippen MR) is 123 cm³/mol. The first kappa shape index (κ1) is 25.4. The average molecular weight is 466 g/mol. The van der Waals surface area contributed by atoms with Gasteiger partial charge in [0, 0.05) is 56.3 Å². The third kappa shape index (κ3) is 5.83. The zero-order valence-electron chi connectivity index (χ0n) is 20.8. The van der Waals surface area contributed by atoms with Gasteiger partial charge in [-0.2, -0.15) is 0 Å². The fourth-order valence-electron chi connectivity index (χ4n) is 4.71. The first-order valence-electron chi connectivity index (χ1n) is 11.7. The zero-order valence-corrected chi connectivity index (χ0v) is 20.8. The van der Waals surface area contributed by atoms with Crippen LogP contribution in [0.5, 0.6) is 0 Å². The minimum absolute atomic E-state index is 0.0492. The van der Waals surface area contributed by atoms with Crippen molar-refractivity contribution in [1.29, 1.82) is 0 Å². The van der Waals surface area contributed by atoms with Gasteiger partial charge in [-0.15, -0.1) is 0 Å². The number of ether oxygens (including phenoxy) is 1. The van der Waals surface area contributed by atoms with Crippen LogP contribution in [-0.2, 0) is 9.53 Å². The third-order valence-electron chi connectivity index (χ3n) is 6.51. The molecule has 2 amide bonds. The lowest BCUT2D eigenvalue weighted by Gasteiger charge is -2.41. The summed E-state index contributed by atoms with van der Waals surface area (Å²) in [6.07, 6.45) is -0.382. The van der Waals surface area contributed by atoms with Crippen molar-refractivity contribution < 1.29 is 23.1 Å². The molecule has 0 N–H and O–H groups in total. The molecule has 1 aromatic rings. The SMILES string of the molecule is C[C@H]1CN(C(=O)OC(C)(C)C)CCN1C(=O)[C@@H]1CN(C(C)(C)C)C[C@H]1c1ccc(F)cc1F. The normalized spacial score (nSPS) is 24.8. The van der Waals surface area contributed by atoms with E-state index in [9.17, 15) is 18.4 Å². The number of carbonyl (C=O) groups is 2. The van der Waals surface area contributed by atoms with Gasteiger partial charge in [0.05, 0.1) is 5.92 Å². The summed E-state index contributed by atoms with van der Waals surface area (Å²) in [7, 11) is 0. The van der Waals surface area contributed by atoms with Crippen LogP contribution in [0.1, 0.15) is 59.9 Å². The molecule has 2 fully saturated rings. The van der Waals surface area contributed by atoms with Crippen molar-refractivity contribution >= 4 is 12.0 Å². The highest BCUT2D eigenvalue weighted by Gasteiger charge is 2.45. The highest BCUT2D eigenvalue weighted by molar-refractivity contribution is 5.81. The molecule has 2 saturated heterocycles. The lowest BCUT2D eigenvalue weighted by atomic mass is 9.87. The van der Waals surface area contributed by atoms with Crippen molar-refractivity contribution in [1.82, 2.24) is 14.7 Å². The molecular weight excluding hydrogens is 428 g/mol. The third-order valence-corrected chi connectivity index (χ3v) is 6.51. The van der Waals surface area contributed by atoms with Crippen molar-refractivity contribution in [2.75, 3.05) is 32.7 Å². The van der Waals surface area contributed by atoms with E-state index in [1.807, 2.05) is 27.7 Å². The maximum absolute atomic E-state index is 14.7. The van der Waals surface area contributed by atoms with Crippen molar-refractivity contribution in [3.63, 3.8) is 0 Å². The van der Waals surface area contributed by atoms with E-state index in [4.69, 9.17) is 4.74 Å². The molecule has 3 atom stereocenters. The van der Waals surface area contributed by atoms with Crippen molar-refractivity contribution in [3.05, 3.63) is 35.4 Å². The lowest BCUT2D eigenvalue weighted by Crippen LogP contribution is -2.57. The Morgan fingerprint density at radius 2 is 1.67 bits per heavy atom. The molecule has 0 saturated carbocycles. The maximum Gasteiger partial charge on any atom is 0.410 e. The van der Waals surface area contributed by atoms with Gasteiger partial charge in [-0.05, 0) is 60.1 Å². The van der Waals surface area contributed by atoms with Gasteiger partial charge in [0.15, 0.2) is 0 Å². The molecule has 8 heteroatoms. The standard InChI is InChI=1S/C25H37F2N3O3/c1-16-13-28(23(32)33-25(5,6)7)10-11-30(16)22(31)20-15-29(24(2,3)4)14-19(20)18-9-8-17(26)12-21(18)27/h8-9,12,16,19-20H,10-11,13-15H2,1-7H3/t16-,19-,20+/m0/s1. The molecule has 0 aliphatic carbocycles. The lowest BCUT2D eigenvalue weighted by molar-refractivity contribution is -0.140. The summed E-state index contributed by atoms with van der Waals surface area (Å²) in [4.78, 5) is 31.8. The monoisotopic (exact) mass is 465 g/mol. The molecule has 2 heterocycles. The summed E-state index contributed by atoms with van der Waals surface area (Å²) in [6, 6.07) is 3.41. The number of hydrogen-bond donors (Lipinski definition) is 0. The molecule has 3 rings (SSSR count). The molecular formula is C25H37F2N3O3. The quantitative estimate of drug-likeness (QED) is 0.656. The second-order valence-electron chi connectivity index (χ2n) is 11.3. The Labute approximate surface area is 195 Å². The van der Waals surface area contributed by atoms with E-state index in [0.717, 1.165) is 6.07 Å².